The lowest BCUT2D eigenvalue weighted by atomic mass is 10.1. The molecule has 2 aromatic carbocycles. The molecule has 0 aliphatic rings. The Morgan fingerprint density at radius 3 is 1.83 bits per heavy atom. The second kappa shape index (κ2) is 11.0. The molecule has 0 amide bonds. The van der Waals surface area contributed by atoms with E-state index in [1.54, 1.807) is 0 Å². The lowest BCUT2D eigenvalue weighted by Crippen LogP contribution is -2.50. The molecule has 1 atom stereocenters. The van der Waals surface area contributed by atoms with Crippen LogP contribution in [-0.4, -0.2) is 26.1 Å². The Hall–Kier alpha value is -1.62. The van der Waals surface area contributed by atoms with E-state index in [-0.39, 0.29) is 0 Å². The van der Waals surface area contributed by atoms with Crippen LogP contribution < -0.4 is 4.43 Å². The predicted molar refractivity (Wildman–Crippen MR) is 124 cm³/mol. The Kier molecular flexibility index (Phi) is 8.94. The van der Waals surface area contributed by atoms with E-state index in [4.69, 9.17) is 9.16 Å². The van der Waals surface area contributed by atoms with Gasteiger partial charge in [0.1, 0.15) is 5.75 Å². The summed E-state index contributed by atoms with van der Waals surface area (Å²) in [4.78, 5) is 0. The highest BCUT2D eigenvalue weighted by Gasteiger charge is 2.46. The average Bonchev–Trinajstić information content (AvgIpc) is 2.67. The van der Waals surface area contributed by atoms with Crippen LogP contribution in [0.2, 0.25) is 16.6 Å². The third-order valence-electron chi connectivity index (χ3n) is 5.82. The molecule has 0 radical (unpaired) electrons. The first-order valence-corrected chi connectivity index (χ1v) is 13.0. The van der Waals surface area contributed by atoms with Crippen LogP contribution in [0.5, 0.6) is 5.75 Å². The number of ether oxygens (including phenoxy) is 1. The molecule has 1 N–H and O–H groups in total. The van der Waals surface area contributed by atoms with Crippen LogP contribution in [-0.2, 0) is 17.8 Å². The zero-order valence-corrected chi connectivity index (χ0v) is 19.9. The second-order valence-electron chi connectivity index (χ2n) is 8.92. The second-order valence-corrected chi connectivity index (χ2v) is 14.3. The quantitative estimate of drug-likeness (QED) is 0.435. The Labute approximate surface area is 178 Å². The summed E-state index contributed by atoms with van der Waals surface area (Å²) in [5.74, 6) is 0.950. The lowest BCUT2D eigenvalue weighted by Gasteiger charge is -2.42. The fraction of sp³-hybridized carbons (Fsp3) is 0.520. The van der Waals surface area contributed by atoms with Crippen LogP contribution in [0.25, 0.3) is 0 Å². The monoisotopic (exact) mass is 414 g/mol. The number of rotatable bonds is 11. The van der Waals surface area contributed by atoms with Crippen molar-refractivity contribution >= 4 is 8.32 Å². The van der Waals surface area contributed by atoms with Gasteiger partial charge < -0.3 is 14.3 Å². The van der Waals surface area contributed by atoms with E-state index in [9.17, 15) is 5.11 Å². The first-order valence-electron chi connectivity index (χ1n) is 10.8. The molecule has 160 valence electrons. The maximum absolute atomic E-state index is 10.3. The molecule has 0 saturated heterocycles. The minimum atomic E-state index is -1.94. The van der Waals surface area contributed by atoms with Crippen molar-refractivity contribution in [3.05, 3.63) is 65.7 Å². The lowest BCUT2D eigenvalue weighted by molar-refractivity contribution is 0.0288. The van der Waals surface area contributed by atoms with Gasteiger partial charge in [-0.1, -0.05) is 84.0 Å². The molecule has 3 nitrogen and oxygen atoms in total. The first kappa shape index (κ1) is 23.7. The van der Waals surface area contributed by atoms with Crippen LogP contribution in [0.4, 0.5) is 0 Å². The van der Waals surface area contributed by atoms with E-state index in [1.807, 2.05) is 30.3 Å². The summed E-state index contributed by atoms with van der Waals surface area (Å²) in [5, 5.41) is 10.3. The summed E-state index contributed by atoms with van der Waals surface area (Å²) in [6.07, 6.45) is 0.0665. The van der Waals surface area contributed by atoms with E-state index >= 15 is 0 Å². The Morgan fingerprint density at radius 2 is 1.31 bits per heavy atom. The van der Waals surface area contributed by atoms with Gasteiger partial charge >= 0.3 is 0 Å². The summed E-state index contributed by atoms with van der Waals surface area (Å²) in [6, 6.07) is 18.3. The molecule has 2 rings (SSSR count). The SMILES string of the molecule is CC(C)[Si](Oc1ccc(C[C@@H](O)COCc2ccccc2)cc1)(C(C)C)C(C)C. The van der Waals surface area contributed by atoms with Crippen LogP contribution >= 0.6 is 0 Å². The molecule has 29 heavy (non-hydrogen) atoms. The van der Waals surface area contributed by atoms with Gasteiger partial charge in [-0.3, -0.25) is 0 Å². The van der Waals surface area contributed by atoms with Gasteiger partial charge in [0, 0.05) is 6.42 Å². The predicted octanol–water partition coefficient (Wildman–Crippen LogP) is 6.36. The minimum Gasteiger partial charge on any atom is -0.543 e. The third kappa shape index (κ3) is 6.43. The van der Waals surface area contributed by atoms with Crippen molar-refractivity contribution in [2.75, 3.05) is 6.61 Å². The van der Waals surface area contributed by atoms with E-state index in [1.165, 1.54) is 0 Å². The van der Waals surface area contributed by atoms with Gasteiger partial charge in [0.25, 0.3) is 8.32 Å². The number of hydrogen-bond donors (Lipinski definition) is 1. The van der Waals surface area contributed by atoms with Gasteiger partial charge in [-0.15, -0.1) is 0 Å². The molecule has 0 saturated carbocycles. The van der Waals surface area contributed by atoms with Gasteiger partial charge in [0.2, 0.25) is 0 Å². The normalized spacial score (nSPS) is 13.3. The highest BCUT2D eigenvalue weighted by Crippen LogP contribution is 2.42. The summed E-state index contributed by atoms with van der Waals surface area (Å²) in [7, 11) is -1.94. The maximum atomic E-state index is 10.3. The Balaban J connectivity index is 1.92. The van der Waals surface area contributed by atoms with Crippen molar-refractivity contribution < 1.29 is 14.3 Å². The van der Waals surface area contributed by atoms with Crippen molar-refractivity contribution in [1.82, 2.24) is 0 Å². The molecule has 0 aromatic heterocycles. The number of aliphatic hydroxyl groups is 1. The van der Waals surface area contributed by atoms with Crippen LogP contribution in [0.1, 0.15) is 52.7 Å². The minimum absolute atomic E-state index is 0.331. The van der Waals surface area contributed by atoms with E-state index in [2.05, 4.69) is 65.8 Å². The Morgan fingerprint density at radius 1 is 0.759 bits per heavy atom. The molecule has 0 spiro atoms. The molecule has 0 fully saturated rings. The maximum Gasteiger partial charge on any atom is 0.258 e. The van der Waals surface area contributed by atoms with Crippen molar-refractivity contribution in [1.29, 1.82) is 0 Å². The zero-order valence-electron chi connectivity index (χ0n) is 18.9. The molecule has 2 aromatic rings. The smallest absolute Gasteiger partial charge is 0.258 e. The number of benzene rings is 2. The van der Waals surface area contributed by atoms with Crippen LogP contribution in [0, 0.1) is 0 Å². The standard InChI is InChI=1S/C25H38O3Si/c1-19(2)29(20(3)4,21(5)6)28-25-14-12-22(13-15-25)16-24(26)18-27-17-23-10-8-7-9-11-23/h7-15,19-21,24,26H,16-18H2,1-6H3/t24-/m1/s1. The van der Waals surface area contributed by atoms with Crippen LogP contribution in [0.15, 0.2) is 54.6 Å². The third-order valence-corrected chi connectivity index (χ3v) is 11.8. The summed E-state index contributed by atoms with van der Waals surface area (Å²) >= 11 is 0. The van der Waals surface area contributed by atoms with Crippen molar-refractivity contribution in [3.8, 4) is 5.75 Å². The average molecular weight is 415 g/mol. The van der Waals surface area contributed by atoms with Gasteiger partial charge in [0.15, 0.2) is 0 Å². The van der Waals surface area contributed by atoms with Gasteiger partial charge in [-0.05, 0) is 39.9 Å². The molecule has 0 aliphatic heterocycles. The molecular weight excluding hydrogens is 376 g/mol. The van der Waals surface area contributed by atoms with Crippen LogP contribution in [0.3, 0.4) is 0 Å². The topological polar surface area (TPSA) is 38.7 Å². The molecule has 4 heteroatoms. The van der Waals surface area contributed by atoms with Gasteiger partial charge in [0.05, 0.1) is 19.3 Å². The molecule has 0 bridgehead atoms. The highest BCUT2D eigenvalue weighted by atomic mass is 28.4. The zero-order chi connectivity index (χ0) is 21.4. The van der Waals surface area contributed by atoms with Crippen molar-refractivity contribution in [2.24, 2.45) is 0 Å². The van der Waals surface area contributed by atoms with Gasteiger partial charge in [-0.2, -0.15) is 0 Å². The Bertz CT molecular complexity index is 689. The molecule has 0 aliphatic carbocycles. The van der Waals surface area contributed by atoms with Gasteiger partial charge in [-0.25, -0.2) is 0 Å². The molecular formula is C25H38O3Si. The number of aliphatic hydroxyl groups excluding tert-OH is 1. The molecule has 0 unspecified atom stereocenters. The van der Waals surface area contributed by atoms with Crippen molar-refractivity contribution in [2.45, 2.75) is 77.3 Å². The summed E-state index contributed by atoms with van der Waals surface area (Å²) in [5.41, 5.74) is 3.86. The molecule has 0 heterocycles. The fourth-order valence-corrected chi connectivity index (χ4v) is 9.72. The fourth-order valence-electron chi connectivity index (χ4n) is 4.47. The number of hydrogen-bond acceptors (Lipinski definition) is 3. The van der Waals surface area contributed by atoms with E-state index in [0.29, 0.717) is 36.3 Å². The summed E-state index contributed by atoms with van der Waals surface area (Å²) in [6.45, 7) is 14.6. The first-order chi connectivity index (χ1) is 13.8. The van der Waals surface area contributed by atoms with Crippen molar-refractivity contribution in [3.63, 3.8) is 0 Å². The highest BCUT2D eigenvalue weighted by molar-refractivity contribution is 6.78. The summed E-state index contributed by atoms with van der Waals surface area (Å²) < 4.78 is 12.4. The largest absolute Gasteiger partial charge is 0.543 e. The van der Waals surface area contributed by atoms with E-state index < -0.39 is 14.4 Å². The van der Waals surface area contributed by atoms with E-state index in [0.717, 1.165) is 16.9 Å².